The van der Waals surface area contributed by atoms with Gasteiger partial charge in [-0.05, 0) is 19.9 Å². The lowest BCUT2D eigenvalue weighted by Gasteiger charge is -2.26. The Hall–Kier alpha value is -0.830. The third kappa shape index (κ3) is 1.25. The van der Waals surface area contributed by atoms with Crippen molar-refractivity contribution in [2.24, 2.45) is 0 Å². The number of nitrogens with zero attached hydrogens (tertiary/aromatic N) is 2. The molecular weight excluding hydrogens is 168 g/mol. The van der Waals surface area contributed by atoms with Crippen molar-refractivity contribution in [3.05, 3.63) is 22.3 Å². The molecule has 1 aromatic rings. The van der Waals surface area contributed by atoms with Gasteiger partial charge in [0.2, 0.25) is 0 Å². The highest BCUT2D eigenvalue weighted by Gasteiger charge is 2.14. The summed E-state index contributed by atoms with van der Waals surface area (Å²) in [7, 11) is 0. The molecule has 1 aliphatic rings. The van der Waals surface area contributed by atoms with Gasteiger partial charge in [-0.3, -0.25) is 0 Å². The van der Waals surface area contributed by atoms with Crippen LogP contribution in [0.5, 0.6) is 0 Å². The third-order valence-electron chi connectivity index (χ3n) is 2.09. The minimum absolute atomic E-state index is 0.580. The molecule has 2 heterocycles. The van der Waals surface area contributed by atoms with Gasteiger partial charge in [0.05, 0.1) is 22.6 Å². The Kier molecular flexibility index (Phi) is 1.89. The first-order valence-corrected chi connectivity index (χ1v) is 5.01. The molecule has 0 saturated carbocycles. The van der Waals surface area contributed by atoms with Gasteiger partial charge < -0.3 is 4.90 Å². The summed E-state index contributed by atoms with van der Waals surface area (Å²) in [4.78, 5) is 7.96. The van der Waals surface area contributed by atoms with E-state index in [-0.39, 0.29) is 0 Å². The number of aromatic nitrogens is 1. The van der Waals surface area contributed by atoms with Crippen molar-refractivity contribution >= 4 is 17.4 Å². The van der Waals surface area contributed by atoms with E-state index >= 15 is 0 Å². The zero-order valence-electron chi connectivity index (χ0n) is 7.32. The van der Waals surface area contributed by atoms with Crippen molar-refractivity contribution in [1.29, 1.82) is 0 Å². The molecule has 0 bridgehead atoms. The molecule has 0 saturated heterocycles. The molecule has 0 unspecified atom stereocenters. The van der Waals surface area contributed by atoms with Crippen LogP contribution >= 0.6 is 11.3 Å². The van der Waals surface area contributed by atoms with Crippen LogP contribution in [0, 0.1) is 0 Å². The van der Waals surface area contributed by atoms with Crippen LogP contribution in [0.25, 0.3) is 6.08 Å². The summed E-state index contributed by atoms with van der Waals surface area (Å²) in [5.74, 6) is 0. The van der Waals surface area contributed by atoms with Crippen LogP contribution in [0.1, 0.15) is 24.4 Å². The zero-order valence-corrected chi connectivity index (χ0v) is 8.14. The number of hydrogen-bond acceptors (Lipinski definition) is 3. The minimum atomic E-state index is 0.580. The first kappa shape index (κ1) is 7.80. The molecule has 0 spiro atoms. The summed E-state index contributed by atoms with van der Waals surface area (Å²) < 4.78 is 0. The van der Waals surface area contributed by atoms with Gasteiger partial charge in [0.1, 0.15) is 0 Å². The molecule has 12 heavy (non-hydrogen) atoms. The van der Waals surface area contributed by atoms with Crippen molar-refractivity contribution in [2.75, 3.05) is 0 Å². The molecule has 0 N–H and O–H groups in total. The standard InChI is InChI=1S/C9H12N2S/c1-7(2)11-4-3-8-9(5-11)12-6-10-8/h3-4,6-7H,5H2,1-2H3. The Bertz CT molecular complexity index is 301. The van der Waals surface area contributed by atoms with E-state index in [2.05, 4.69) is 36.0 Å². The third-order valence-corrected chi connectivity index (χ3v) is 2.92. The van der Waals surface area contributed by atoms with E-state index < -0.39 is 0 Å². The van der Waals surface area contributed by atoms with Crippen molar-refractivity contribution in [3.8, 4) is 0 Å². The van der Waals surface area contributed by atoms with Gasteiger partial charge in [-0.1, -0.05) is 0 Å². The Morgan fingerprint density at radius 3 is 3.17 bits per heavy atom. The molecule has 3 heteroatoms. The fourth-order valence-corrected chi connectivity index (χ4v) is 2.03. The highest BCUT2D eigenvalue weighted by Crippen LogP contribution is 2.23. The van der Waals surface area contributed by atoms with E-state index in [0.717, 1.165) is 12.2 Å². The molecule has 0 aromatic carbocycles. The number of rotatable bonds is 1. The maximum Gasteiger partial charge on any atom is 0.0803 e. The van der Waals surface area contributed by atoms with E-state index in [0.29, 0.717) is 6.04 Å². The van der Waals surface area contributed by atoms with Crippen LogP contribution in [0.15, 0.2) is 11.7 Å². The second-order valence-electron chi connectivity index (χ2n) is 3.24. The van der Waals surface area contributed by atoms with Gasteiger partial charge in [-0.15, -0.1) is 11.3 Å². The zero-order chi connectivity index (χ0) is 8.55. The Morgan fingerprint density at radius 1 is 1.58 bits per heavy atom. The van der Waals surface area contributed by atoms with E-state index in [1.165, 1.54) is 4.88 Å². The summed E-state index contributed by atoms with van der Waals surface area (Å²) in [5.41, 5.74) is 3.07. The normalized spacial score (nSPS) is 15.4. The summed E-state index contributed by atoms with van der Waals surface area (Å²) in [5, 5.41) is 0. The summed E-state index contributed by atoms with van der Waals surface area (Å²) in [6, 6.07) is 0.580. The maximum atomic E-state index is 4.26. The molecule has 1 aliphatic heterocycles. The van der Waals surface area contributed by atoms with Gasteiger partial charge in [-0.2, -0.15) is 0 Å². The van der Waals surface area contributed by atoms with Gasteiger partial charge in [0.15, 0.2) is 0 Å². The number of thiazole rings is 1. The second-order valence-corrected chi connectivity index (χ2v) is 4.18. The molecule has 2 rings (SSSR count). The maximum absolute atomic E-state index is 4.26. The van der Waals surface area contributed by atoms with Crippen LogP contribution in [0.3, 0.4) is 0 Å². The SMILES string of the molecule is CC(C)N1C=Cc2ncsc2C1. The van der Waals surface area contributed by atoms with Crippen LogP contribution in [0.2, 0.25) is 0 Å². The van der Waals surface area contributed by atoms with Crippen LogP contribution < -0.4 is 0 Å². The first-order chi connectivity index (χ1) is 5.77. The van der Waals surface area contributed by atoms with E-state index in [9.17, 15) is 0 Å². The molecule has 1 aromatic heterocycles. The topological polar surface area (TPSA) is 16.1 Å². The van der Waals surface area contributed by atoms with Gasteiger partial charge in [0, 0.05) is 12.2 Å². The summed E-state index contributed by atoms with van der Waals surface area (Å²) >= 11 is 1.74. The number of hydrogen-bond donors (Lipinski definition) is 0. The smallest absolute Gasteiger partial charge is 0.0803 e. The largest absolute Gasteiger partial charge is 0.370 e. The van der Waals surface area contributed by atoms with Crippen molar-refractivity contribution in [3.63, 3.8) is 0 Å². The Morgan fingerprint density at radius 2 is 2.42 bits per heavy atom. The summed E-state index contributed by atoms with van der Waals surface area (Å²) in [6.45, 7) is 5.43. The summed E-state index contributed by atoms with van der Waals surface area (Å²) in [6.07, 6.45) is 4.22. The van der Waals surface area contributed by atoms with Crippen molar-refractivity contribution < 1.29 is 0 Å². The van der Waals surface area contributed by atoms with E-state index in [1.807, 2.05) is 5.51 Å². The predicted octanol–water partition coefficient (Wildman–Crippen LogP) is 2.34. The fourth-order valence-electron chi connectivity index (χ4n) is 1.27. The highest BCUT2D eigenvalue weighted by atomic mass is 32.1. The molecule has 2 nitrogen and oxygen atoms in total. The lowest BCUT2D eigenvalue weighted by molar-refractivity contribution is 0.304. The van der Waals surface area contributed by atoms with Gasteiger partial charge in [-0.25, -0.2) is 4.98 Å². The number of fused-ring (bicyclic) bond motifs is 1. The Balaban J connectivity index is 2.24. The highest BCUT2D eigenvalue weighted by molar-refractivity contribution is 7.09. The van der Waals surface area contributed by atoms with E-state index in [1.54, 1.807) is 11.3 Å². The average Bonchev–Trinajstić information content (AvgIpc) is 2.49. The molecule has 64 valence electrons. The van der Waals surface area contributed by atoms with Crippen LogP contribution in [-0.2, 0) is 6.54 Å². The second kappa shape index (κ2) is 2.90. The minimum Gasteiger partial charge on any atom is -0.370 e. The molecule has 0 radical (unpaired) electrons. The van der Waals surface area contributed by atoms with Crippen molar-refractivity contribution in [1.82, 2.24) is 9.88 Å². The quantitative estimate of drug-likeness (QED) is 0.659. The van der Waals surface area contributed by atoms with Crippen molar-refractivity contribution in [2.45, 2.75) is 26.4 Å². The monoisotopic (exact) mass is 180 g/mol. The molecule has 0 aliphatic carbocycles. The molecule has 0 atom stereocenters. The fraction of sp³-hybridized carbons (Fsp3) is 0.444. The average molecular weight is 180 g/mol. The van der Waals surface area contributed by atoms with Crippen LogP contribution in [0.4, 0.5) is 0 Å². The molecule has 0 amide bonds. The first-order valence-electron chi connectivity index (χ1n) is 4.13. The van der Waals surface area contributed by atoms with Crippen LogP contribution in [-0.4, -0.2) is 15.9 Å². The molecule has 0 fully saturated rings. The van der Waals surface area contributed by atoms with E-state index in [4.69, 9.17) is 0 Å². The van der Waals surface area contributed by atoms with Gasteiger partial charge in [0.25, 0.3) is 0 Å². The van der Waals surface area contributed by atoms with Gasteiger partial charge >= 0.3 is 0 Å². The Labute approximate surface area is 76.5 Å². The molecular formula is C9H12N2S. The lowest BCUT2D eigenvalue weighted by atomic mass is 10.2. The lowest BCUT2D eigenvalue weighted by Crippen LogP contribution is -2.26. The predicted molar refractivity (Wildman–Crippen MR) is 51.8 cm³/mol.